The van der Waals surface area contributed by atoms with Gasteiger partial charge in [0, 0.05) is 13.6 Å². The number of carbonyl (C=O) groups is 1. The first-order valence-electron chi connectivity index (χ1n) is 8.66. The van der Waals surface area contributed by atoms with Gasteiger partial charge in [0.15, 0.2) is 29.6 Å². The van der Waals surface area contributed by atoms with Gasteiger partial charge >= 0.3 is 0 Å². The maximum Gasteiger partial charge on any atom is 0.260 e. The zero-order valence-electron chi connectivity index (χ0n) is 15.7. The van der Waals surface area contributed by atoms with Crippen molar-refractivity contribution in [2.75, 3.05) is 27.6 Å². The van der Waals surface area contributed by atoms with Crippen LogP contribution in [-0.2, 0) is 11.3 Å². The summed E-state index contributed by atoms with van der Waals surface area (Å²) in [5.74, 6) is 2.43. The number of ether oxygens (including phenoxy) is 4. The molecule has 0 saturated heterocycles. The summed E-state index contributed by atoms with van der Waals surface area (Å²) in [6.07, 6.45) is 3.92. The number of methoxy groups -OCH3 is 1. The van der Waals surface area contributed by atoms with Crippen LogP contribution in [0.4, 0.5) is 0 Å². The molecule has 0 spiro atoms. The number of likely N-dealkylation sites (N-methyl/N-ethyl adjacent to an activating group) is 1. The van der Waals surface area contributed by atoms with Crippen LogP contribution in [0.25, 0.3) is 6.08 Å². The second-order valence-corrected chi connectivity index (χ2v) is 6.14. The zero-order chi connectivity index (χ0) is 19.2. The van der Waals surface area contributed by atoms with Gasteiger partial charge in [0.2, 0.25) is 6.79 Å². The number of carbonyl (C=O) groups excluding carboxylic acids is 1. The van der Waals surface area contributed by atoms with E-state index in [9.17, 15) is 4.79 Å². The fourth-order valence-corrected chi connectivity index (χ4v) is 2.75. The van der Waals surface area contributed by atoms with Crippen LogP contribution < -0.4 is 18.9 Å². The molecule has 0 radical (unpaired) electrons. The van der Waals surface area contributed by atoms with Crippen LogP contribution >= 0.6 is 0 Å². The Labute approximate surface area is 158 Å². The second-order valence-electron chi connectivity index (χ2n) is 6.14. The monoisotopic (exact) mass is 369 g/mol. The summed E-state index contributed by atoms with van der Waals surface area (Å²) < 4.78 is 21.7. The van der Waals surface area contributed by atoms with E-state index in [2.05, 4.69) is 0 Å². The average molecular weight is 369 g/mol. The molecule has 2 aromatic carbocycles. The maximum atomic E-state index is 12.4. The van der Waals surface area contributed by atoms with E-state index in [-0.39, 0.29) is 19.3 Å². The molecule has 1 aliphatic heterocycles. The molecule has 6 heteroatoms. The normalized spacial score (nSPS) is 12.3. The summed E-state index contributed by atoms with van der Waals surface area (Å²) in [6, 6.07) is 11.2. The van der Waals surface area contributed by atoms with Gasteiger partial charge in [-0.05, 0) is 42.3 Å². The van der Waals surface area contributed by atoms with Gasteiger partial charge in [-0.1, -0.05) is 24.3 Å². The minimum atomic E-state index is -0.132. The highest BCUT2D eigenvalue weighted by Crippen LogP contribution is 2.33. The predicted octanol–water partition coefficient (Wildman–Crippen LogP) is 3.49. The summed E-state index contributed by atoms with van der Waals surface area (Å²) in [4.78, 5) is 14.0. The van der Waals surface area contributed by atoms with E-state index < -0.39 is 0 Å². The van der Waals surface area contributed by atoms with Gasteiger partial charge in [0.25, 0.3) is 5.91 Å². The van der Waals surface area contributed by atoms with Crippen molar-refractivity contribution >= 4 is 12.0 Å². The molecule has 3 rings (SSSR count). The molecule has 2 aromatic rings. The third kappa shape index (κ3) is 4.53. The molecule has 0 atom stereocenters. The first-order valence-corrected chi connectivity index (χ1v) is 8.66. The van der Waals surface area contributed by atoms with Crippen molar-refractivity contribution in [1.29, 1.82) is 0 Å². The van der Waals surface area contributed by atoms with E-state index in [1.807, 2.05) is 49.4 Å². The number of allylic oxidation sites excluding steroid dienone is 1. The molecule has 1 amide bonds. The van der Waals surface area contributed by atoms with Gasteiger partial charge in [-0.25, -0.2) is 0 Å². The molecule has 0 unspecified atom stereocenters. The average Bonchev–Trinajstić information content (AvgIpc) is 3.14. The molecule has 1 aliphatic rings. The van der Waals surface area contributed by atoms with Gasteiger partial charge in [0.1, 0.15) is 0 Å². The van der Waals surface area contributed by atoms with E-state index in [0.717, 1.165) is 16.9 Å². The Morgan fingerprint density at radius 1 is 1.15 bits per heavy atom. The SMILES string of the molecule is CC=Cc1ccc(OCC(=O)N(C)Cc2ccc3c(c2)OCO3)c(OC)c1. The van der Waals surface area contributed by atoms with E-state index in [4.69, 9.17) is 18.9 Å². The number of hydrogen-bond donors (Lipinski definition) is 0. The van der Waals surface area contributed by atoms with Crippen LogP contribution in [0.2, 0.25) is 0 Å². The highest BCUT2D eigenvalue weighted by molar-refractivity contribution is 5.77. The Hall–Kier alpha value is -3.15. The molecule has 6 nitrogen and oxygen atoms in total. The smallest absolute Gasteiger partial charge is 0.260 e. The molecule has 27 heavy (non-hydrogen) atoms. The summed E-state index contributed by atoms with van der Waals surface area (Å²) in [7, 11) is 3.32. The molecule has 0 aliphatic carbocycles. The van der Waals surface area contributed by atoms with Gasteiger partial charge in [0.05, 0.1) is 7.11 Å². The van der Waals surface area contributed by atoms with E-state index in [1.54, 1.807) is 25.1 Å². The fourth-order valence-electron chi connectivity index (χ4n) is 2.75. The van der Waals surface area contributed by atoms with Crippen molar-refractivity contribution in [3.63, 3.8) is 0 Å². The van der Waals surface area contributed by atoms with E-state index in [0.29, 0.717) is 23.8 Å². The number of hydrogen-bond acceptors (Lipinski definition) is 5. The van der Waals surface area contributed by atoms with Gasteiger partial charge in [-0.3, -0.25) is 4.79 Å². The number of nitrogens with zero attached hydrogens (tertiary/aromatic N) is 1. The first kappa shape index (κ1) is 18.6. The summed E-state index contributed by atoms with van der Waals surface area (Å²) in [5.41, 5.74) is 1.97. The van der Waals surface area contributed by atoms with Crippen LogP contribution in [0.3, 0.4) is 0 Å². The van der Waals surface area contributed by atoms with Crippen molar-refractivity contribution in [2.45, 2.75) is 13.5 Å². The summed E-state index contributed by atoms with van der Waals surface area (Å²) in [6.45, 7) is 2.57. The molecule has 0 saturated carbocycles. The van der Waals surface area contributed by atoms with Crippen LogP contribution in [0, 0.1) is 0 Å². The van der Waals surface area contributed by atoms with Crippen molar-refractivity contribution < 1.29 is 23.7 Å². The molecule has 1 heterocycles. The van der Waals surface area contributed by atoms with E-state index >= 15 is 0 Å². The standard InChI is InChI=1S/C21H23NO5/c1-4-5-15-6-8-17(19(10-15)24-3)25-13-21(23)22(2)12-16-7-9-18-20(11-16)27-14-26-18/h4-11H,12-14H2,1-3H3. The number of benzene rings is 2. The fraction of sp³-hybridized carbons (Fsp3) is 0.286. The molecule has 0 bridgehead atoms. The van der Waals surface area contributed by atoms with Crippen LogP contribution in [0.5, 0.6) is 23.0 Å². The Morgan fingerprint density at radius 2 is 1.96 bits per heavy atom. The predicted molar refractivity (Wildman–Crippen MR) is 102 cm³/mol. The second kappa shape index (κ2) is 8.49. The highest BCUT2D eigenvalue weighted by Gasteiger charge is 2.16. The number of rotatable bonds is 7. The van der Waals surface area contributed by atoms with Crippen molar-refractivity contribution in [3.8, 4) is 23.0 Å². The molecule has 0 fully saturated rings. The number of fused-ring (bicyclic) bond motifs is 1. The highest BCUT2D eigenvalue weighted by atomic mass is 16.7. The minimum absolute atomic E-state index is 0.0691. The Kier molecular flexibility index (Phi) is 5.86. The van der Waals surface area contributed by atoms with E-state index in [1.165, 1.54) is 0 Å². The Morgan fingerprint density at radius 3 is 2.74 bits per heavy atom. The summed E-state index contributed by atoms with van der Waals surface area (Å²) >= 11 is 0. The maximum absolute atomic E-state index is 12.4. The lowest BCUT2D eigenvalue weighted by Gasteiger charge is -2.18. The zero-order valence-corrected chi connectivity index (χ0v) is 15.7. The summed E-state index contributed by atoms with van der Waals surface area (Å²) in [5, 5.41) is 0. The third-order valence-electron chi connectivity index (χ3n) is 4.18. The van der Waals surface area contributed by atoms with Crippen molar-refractivity contribution in [1.82, 2.24) is 4.90 Å². The topological polar surface area (TPSA) is 57.2 Å². The Bertz CT molecular complexity index is 846. The van der Waals surface area contributed by atoms with Gasteiger partial charge in [-0.15, -0.1) is 0 Å². The number of amides is 1. The largest absolute Gasteiger partial charge is 0.493 e. The quantitative estimate of drug-likeness (QED) is 0.748. The van der Waals surface area contributed by atoms with Gasteiger partial charge in [-0.2, -0.15) is 0 Å². The van der Waals surface area contributed by atoms with Gasteiger partial charge < -0.3 is 23.8 Å². The molecular formula is C21H23NO5. The lowest BCUT2D eigenvalue weighted by atomic mass is 10.2. The van der Waals surface area contributed by atoms with Crippen LogP contribution in [-0.4, -0.2) is 38.4 Å². The lowest BCUT2D eigenvalue weighted by molar-refractivity contribution is -0.132. The minimum Gasteiger partial charge on any atom is -0.493 e. The molecule has 0 aromatic heterocycles. The molecular weight excluding hydrogens is 346 g/mol. The van der Waals surface area contributed by atoms with Crippen LogP contribution in [0.15, 0.2) is 42.5 Å². The van der Waals surface area contributed by atoms with Crippen molar-refractivity contribution in [2.24, 2.45) is 0 Å². The first-order chi connectivity index (χ1) is 13.1. The Balaban J connectivity index is 1.58. The molecule has 142 valence electrons. The lowest BCUT2D eigenvalue weighted by Crippen LogP contribution is -2.31. The van der Waals surface area contributed by atoms with Crippen molar-refractivity contribution in [3.05, 3.63) is 53.6 Å². The van der Waals surface area contributed by atoms with Crippen LogP contribution in [0.1, 0.15) is 18.1 Å². The molecule has 0 N–H and O–H groups in total. The third-order valence-corrected chi connectivity index (χ3v) is 4.18.